The molecule has 0 unspecified atom stereocenters. The van der Waals surface area contributed by atoms with Crippen molar-refractivity contribution in [1.29, 1.82) is 0 Å². The van der Waals surface area contributed by atoms with Crippen molar-refractivity contribution in [2.75, 3.05) is 6.79 Å². The fourth-order valence-electron chi connectivity index (χ4n) is 2.16. The number of benzene rings is 1. The van der Waals surface area contributed by atoms with Gasteiger partial charge in [0.05, 0.1) is 11.4 Å². The average molecular weight is 290 g/mol. The smallest absolute Gasteiger partial charge is 0.339 e. The van der Waals surface area contributed by atoms with Crippen molar-refractivity contribution in [2.45, 2.75) is 13.5 Å². The zero-order valence-corrected chi connectivity index (χ0v) is 11.6. The molecule has 0 atom stereocenters. The van der Waals surface area contributed by atoms with Crippen LogP contribution in [0.4, 0.5) is 0 Å². The van der Waals surface area contributed by atoms with Crippen LogP contribution in [0.25, 0.3) is 0 Å². The molecule has 1 N–H and O–H groups in total. The number of rotatable bonds is 4. The third-order valence-electron chi connectivity index (χ3n) is 3.18. The lowest BCUT2D eigenvalue weighted by atomic mass is 10.2. The highest BCUT2D eigenvalue weighted by atomic mass is 16.7. The summed E-state index contributed by atoms with van der Waals surface area (Å²) in [7, 11) is 1.81. The summed E-state index contributed by atoms with van der Waals surface area (Å²) in [5.41, 5.74) is 1.76. The normalized spacial score (nSPS) is 12.5. The monoisotopic (exact) mass is 290 g/mol. The van der Waals surface area contributed by atoms with Crippen LogP contribution in [0.5, 0.6) is 17.2 Å². The van der Waals surface area contributed by atoms with E-state index in [-0.39, 0.29) is 24.7 Å². The van der Waals surface area contributed by atoms with Gasteiger partial charge in [-0.2, -0.15) is 5.10 Å². The van der Waals surface area contributed by atoms with Crippen LogP contribution in [-0.4, -0.2) is 27.6 Å². The van der Waals surface area contributed by atoms with Gasteiger partial charge in [-0.15, -0.1) is 0 Å². The molecule has 0 spiro atoms. The first-order valence-electron chi connectivity index (χ1n) is 6.34. The molecule has 1 aliphatic heterocycles. The van der Waals surface area contributed by atoms with E-state index in [0.29, 0.717) is 11.5 Å². The van der Waals surface area contributed by atoms with Gasteiger partial charge in [0.1, 0.15) is 17.9 Å². The highest BCUT2D eigenvalue weighted by molar-refractivity contribution is 5.92. The average Bonchev–Trinajstić information content (AvgIpc) is 3.00. The predicted octanol–water partition coefficient (Wildman–Crippen LogP) is 1.73. The van der Waals surface area contributed by atoms with E-state index in [4.69, 9.17) is 14.2 Å². The highest BCUT2D eigenvalue weighted by Crippen LogP contribution is 2.38. The summed E-state index contributed by atoms with van der Waals surface area (Å²) >= 11 is 0. The molecular formula is C14H14N2O5. The van der Waals surface area contributed by atoms with Crippen LogP contribution in [0.15, 0.2) is 18.2 Å². The number of nitrogens with zero attached hydrogens (tertiary/aromatic N) is 2. The SMILES string of the molecule is Cc1cc(COc2cc3c(cc2C(=O)O)OCO3)n(C)n1. The van der Waals surface area contributed by atoms with E-state index in [9.17, 15) is 9.90 Å². The van der Waals surface area contributed by atoms with Crippen LogP contribution in [0.2, 0.25) is 0 Å². The maximum Gasteiger partial charge on any atom is 0.339 e. The van der Waals surface area contributed by atoms with Gasteiger partial charge in [-0.05, 0) is 13.0 Å². The highest BCUT2D eigenvalue weighted by Gasteiger charge is 2.21. The zero-order valence-electron chi connectivity index (χ0n) is 11.6. The predicted molar refractivity (Wildman–Crippen MR) is 71.8 cm³/mol. The van der Waals surface area contributed by atoms with Crippen LogP contribution in [0.1, 0.15) is 21.7 Å². The minimum absolute atomic E-state index is 0.0399. The van der Waals surface area contributed by atoms with E-state index in [0.717, 1.165) is 11.4 Å². The number of aryl methyl sites for hydroxylation is 2. The molecule has 0 amide bonds. The molecule has 2 aromatic rings. The number of carboxylic acids is 1. The van der Waals surface area contributed by atoms with Crippen molar-refractivity contribution in [1.82, 2.24) is 9.78 Å². The molecule has 0 bridgehead atoms. The van der Waals surface area contributed by atoms with Crippen molar-refractivity contribution in [2.24, 2.45) is 7.05 Å². The van der Waals surface area contributed by atoms with E-state index in [1.165, 1.54) is 12.1 Å². The summed E-state index contributed by atoms with van der Waals surface area (Å²) < 4.78 is 17.7. The molecule has 7 heteroatoms. The number of carbonyl (C=O) groups is 1. The number of fused-ring (bicyclic) bond motifs is 1. The Labute approximate surface area is 120 Å². The molecule has 1 aromatic heterocycles. The van der Waals surface area contributed by atoms with Crippen molar-refractivity contribution >= 4 is 5.97 Å². The maximum atomic E-state index is 11.3. The van der Waals surface area contributed by atoms with Crippen LogP contribution in [-0.2, 0) is 13.7 Å². The topological polar surface area (TPSA) is 82.8 Å². The van der Waals surface area contributed by atoms with E-state index >= 15 is 0 Å². The Bertz CT molecular complexity index is 708. The number of hydrogen-bond acceptors (Lipinski definition) is 5. The van der Waals surface area contributed by atoms with Gasteiger partial charge in [-0.1, -0.05) is 0 Å². The third kappa shape index (κ3) is 2.49. The van der Waals surface area contributed by atoms with E-state index in [2.05, 4.69) is 5.10 Å². The van der Waals surface area contributed by atoms with E-state index in [1.807, 2.05) is 20.0 Å². The molecule has 21 heavy (non-hydrogen) atoms. The second kappa shape index (κ2) is 5.01. The van der Waals surface area contributed by atoms with Crippen LogP contribution >= 0.6 is 0 Å². The summed E-state index contributed by atoms with van der Waals surface area (Å²) in [6.07, 6.45) is 0. The molecule has 0 fully saturated rings. The Balaban J connectivity index is 1.87. The summed E-state index contributed by atoms with van der Waals surface area (Å²) in [6, 6.07) is 4.83. The minimum Gasteiger partial charge on any atom is -0.486 e. The maximum absolute atomic E-state index is 11.3. The molecule has 0 aliphatic carbocycles. The Morgan fingerprint density at radius 1 is 1.38 bits per heavy atom. The molecule has 0 saturated heterocycles. The first-order chi connectivity index (χ1) is 10.0. The van der Waals surface area contributed by atoms with E-state index < -0.39 is 5.97 Å². The number of carboxylic acid groups (broad SMARTS) is 1. The lowest BCUT2D eigenvalue weighted by Gasteiger charge is -2.10. The molecule has 0 radical (unpaired) electrons. The van der Waals surface area contributed by atoms with Crippen molar-refractivity contribution in [3.8, 4) is 17.2 Å². The summed E-state index contributed by atoms with van der Waals surface area (Å²) in [5, 5.41) is 13.5. The van der Waals surface area contributed by atoms with Crippen molar-refractivity contribution in [3.05, 3.63) is 35.2 Å². The lowest BCUT2D eigenvalue weighted by Crippen LogP contribution is -2.06. The second-order valence-corrected chi connectivity index (χ2v) is 4.70. The molecule has 7 nitrogen and oxygen atoms in total. The Morgan fingerprint density at radius 2 is 2.10 bits per heavy atom. The third-order valence-corrected chi connectivity index (χ3v) is 3.18. The first-order valence-corrected chi connectivity index (χ1v) is 6.34. The van der Waals surface area contributed by atoms with Gasteiger partial charge < -0.3 is 19.3 Å². The quantitative estimate of drug-likeness (QED) is 0.923. The van der Waals surface area contributed by atoms with Crippen LogP contribution in [0, 0.1) is 6.92 Å². The fourth-order valence-corrected chi connectivity index (χ4v) is 2.16. The number of ether oxygens (including phenoxy) is 3. The summed E-state index contributed by atoms with van der Waals surface area (Å²) in [6.45, 7) is 2.18. The van der Waals surface area contributed by atoms with Crippen LogP contribution < -0.4 is 14.2 Å². The minimum atomic E-state index is -1.08. The summed E-state index contributed by atoms with van der Waals surface area (Å²) in [4.78, 5) is 11.3. The number of aromatic nitrogens is 2. The van der Waals surface area contributed by atoms with Gasteiger partial charge in [0.15, 0.2) is 11.5 Å². The van der Waals surface area contributed by atoms with Gasteiger partial charge in [0, 0.05) is 19.2 Å². The molecule has 1 aromatic carbocycles. The lowest BCUT2D eigenvalue weighted by molar-refractivity contribution is 0.0691. The van der Waals surface area contributed by atoms with Crippen molar-refractivity contribution in [3.63, 3.8) is 0 Å². The molecule has 0 saturated carbocycles. The number of aromatic carboxylic acids is 1. The standard InChI is InChI=1S/C14H14N2O5/c1-8-3-9(16(2)15-8)6-19-11-5-13-12(20-7-21-13)4-10(11)14(17)18/h3-5H,6-7H2,1-2H3,(H,17,18). The first kappa shape index (κ1) is 13.3. The van der Waals surface area contributed by atoms with Gasteiger partial charge in [0.25, 0.3) is 0 Å². The van der Waals surface area contributed by atoms with Gasteiger partial charge in [0.2, 0.25) is 6.79 Å². The molecule has 3 rings (SSSR count). The summed E-state index contributed by atoms with van der Waals surface area (Å²) in [5.74, 6) is 0.0578. The largest absolute Gasteiger partial charge is 0.486 e. The molecule has 2 heterocycles. The van der Waals surface area contributed by atoms with Gasteiger partial charge in [-0.25, -0.2) is 4.79 Å². The Morgan fingerprint density at radius 3 is 2.71 bits per heavy atom. The van der Waals surface area contributed by atoms with Crippen molar-refractivity contribution < 1.29 is 24.1 Å². The van der Waals surface area contributed by atoms with Gasteiger partial charge >= 0.3 is 5.97 Å². The molecular weight excluding hydrogens is 276 g/mol. The molecule has 110 valence electrons. The molecule has 1 aliphatic rings. The van der Waals surface area contributed by atoms with Crippen LogP contribution in [0.3, 0.4) is 0 Å². The second-order valence-electron chi connectivity index (χ2n) is 4.70. The fraction of sp³-hybridized carbons (Fsp3) is 0.286. The van der Waals surface area contributed by atoms with Gasteiger partial charge in [-0.3, -0.25) is 4.68 Å². The Hall–Kier alpha value is -2.70. The Kier molecular flexibility index (Phi) is 3.17. The van der Waals surface area contributed by atoms with E-state index in [1.54, 1.807) is 4.68 Å². The zero-order chi connectivity index (χ0) is 15.0. The number of hydrogen-bond donors (Lipinski definition) is 1.